The molecule has 0 aliphatic heterocycles. The molecule has 0 unspecified atom stereocenters. The zero-order valence-electron chi connectivity index (χ0n) is 16.7. The van der Waals surface area contributed by atoms with E-state index in [0.717, 1.165) is 23.1 Å². The molecule has 0 saturated heterocycles. The van der Waals surface area contributed by atoms with Crippen molar-refractivity contribution in [2.75, 3.05) is 12.9 Å². The van der Waals surface area contributed by atoms with Gasteiger partial charge in [-0.1, -0.05) is 12.1 Å². The minimum absolute atomic E-state index is 0.00301. The lowest BCUT2D eigenvalue weighted by Gasteiger charge is -2.14. The molecule has 1 N–H and O–H groups in total. The minimum Gasteiger partial charge on any atom is -0.487 e. The summed E-state index contributed by atoms with van der Waals surface area (Å²) >= 11 is 0. The molecule has 0 aliphatic carbocycles. The van der Waals surface area contributed by atoms with Crippen molar-refractivity contribution in [3.8, 4) is 22.6 Å². The predicted molar refractivity (Wildman–Crippen MR) is 110 cm³/mol. The number of hydrogen-bond acceptors (Lipinski definition) is 6. The van der Waals surface area contributed by atoms with Crippen LogP contribution in [0.4, 0.5) is 8.78 Å². The molecule has 0 amide bonds. The van der Waals surface area contributed by atoms with Crippen molar-refractivity contribution >= 4 is 9.84 Å². The van der Waals surface area contributed by atoms with Crippen LogP contribution in [0.25, 0.3) is 16.8 Å². The van der Waals surface area contributed by atoms with E-state index in [1.807, 2.05) is 0 Å². The van der Waals surface area contributed by atoms with E-state index in [1.54, 1.807) is 6.92 Å². The van der Waals surface area contributed by atoms with E-state index in [-0.39, 0.29) is 34.9 Å². The molecular weight excluding hydrogens is 430 g/mol. The molecule has 10 heteroatoms. The Labute approximate surface area is 177 Å². The van der Waals surface area contributed by atoms with Crippen LogP contribution in [-0.4, -0.2) is 42.3 Å². The van der Waals surface area contributed by atoms with Gasteiger partial charge in [-0.15, -0.1) is 0 Å². The maximum atomic E-state index is 13.6. The molecule has 1 atom stereocenters. The second kappa shape index (κ2) is 8.94. The lowest BCUT2D eigenvalue weighted by molar-refractivity contribution is 0.155. The number of rotatable bonds is 7. The number of aliphatic hydroxyl groups excluding tert-OH is 1. The van der Waals surface area contributed by atoms with E-state index in [9.17, 15) is 27.1 Å². The Balaban J connectivity index is 2.11. The summed E-state index contributed by atoms with van der Waals surface area (Å²) in [6.07, 6.45) is 1.99. The van der Waals surface area contributed by atoms with Crippen molar-refractivity contribution in [2.45, 2.75) is 24.3 Å². The molecule has 0 aliphatic rings. The highest BCUT2D eigenvalue weighted by molar-refractivity contribution is 7.90. The number of aromatic nitrogens is 2. The molecule has 0 radical (unpaired) electrons. The SMILES string of the molecule is C[C@H](O)CCOc1c(-c2ccc(S(C)(=O)=O)cc2)cnn(-c2ccc(F)c(F)c2)c1=O. The van der Waals surface area contributed by atoms with E-state index in [4.69, 9.17) is 4.74 Å². The van der Waals surface area contributed by atoms with Gasteiger partial charge in [0.05, 0.1) is 29.5 Å². The number of benzene rings is 2. The van der Waals surface area contributed by atoms with Gasteiger partial charge in [-0.25, -0.2) is 17.2 Å². The number of nitrogens with zero attached hydrogens (tertiary/aromatic N) is 2. The minimum atomic E-state index is -3.40. The monoisotopic (exact) mass is 450 g/mol. The molecule has 7 nitrogen and oxygen atoms in total. The van der Waals surface area contributed by atoms with Crippen LogP contribution < -0.4 is 10.3 Å². The van der Waals surface area contributed by atoms with Crippen LogP contribution in [0.2, 0.25) is 0 Å². The summed E-state index contributed by atoms with van der Waals surface area (Å²) < 4.78 is 56.8. The first-order valence-corrected chi connectivity index (χ1v) is 11.2. The summed E-state index contributed by atoms with van der Waals surface area (Å²) in [5.74, 6) is -2.32. The summed E-state index contributed by atoms with van der Waals surface area (Å²) in [7, 11) is -3.40. The zero-order valence-corrected chi connectivity index (χ0v) is 17.6. The fourth-order valence-electron chi connectivity index (χ4n) is 2.80. The van der Waals surface area contributed by atoms with Crippen molar-refractivity contribution < 1.29 is 27.0 Å². The van der Waals surface area contributed by atoms with Crippen molar-refractivity contribution in [2.24, 2.45) is 0 Å². The first kappa shape index (κ1) is 22.6. The van der Waals surface area contributed by atoms with Crippen LogP contribution in [0.3, 0.4) is 0 Å². The Morgan fingerprint density at radius 1 is 1.13 bits per heavy atom. The van der Waals surface area contributed by atoms with Crippen LogP contribution in [0.5, 0.6) is 5.75 Å². The quantitative estimate of drug-likeness (QED) is 0.594. The molecule has 1 heterocycles. The lowest BCUT2D eigenvalue weighted by Crippen LogP contribution is -2.24. The van der Waals surface area contributed by atoms with Crippen molar-refractivity contribution in [1.29, 1.82) is 0 Å². The molecule has 0 spiro atoms. The molecule has 3 aromatic rings. The average molecular weight is 450 g/mol. The normalized spacial score (nSPS) is 12.5. The second-order valence-electron chi connectivity index (χ2n) is 6.99. The Bertz CT molecular complexity index is 1260. The van der Waals surface area contributed by atoms with Crippen LogP contribution in [0, 0.1) is 11.6 Å². The number of aliphatic hydroxyl groups is 1. The fourth-order valence-corrected chi connectivity index (χ4v) is 3.43. The van der Waals surface area contributed by atoms with Gasteiger partial charge in [0.1, 0.15) is 0 Å². The third-order valence-corrected chi connectivity index (χ3v) is 5.59. The van der Waals surface area contributed by atoms with Crippen molar-refractivity contribution in [1.82, 2.24) is 9.78 Å². The van der Waals surface area contributed by atoms with Crippen LogP contribution in [-0.2, 0) is 9.84 Å². The van der Waals surface area contributed by atoms with Gasteiger partial charge in [0.15, 0.2) is 27.2 Å². The average Bonchev–Trinajstić information content (AvgIpc) is 2.70. The third kappa shape index (κ3) is 5.15. The first-order chi connectivity index (χ1) is 14.6. The maximum absolute atomic E-state index is 13.6. The molecule has 164 valence electrons. The predicted octanol–water partition coefficient (Wildman–Crippen LogP) is 2.73. The summed E-state index contributed by atoms with van der Waals surface area (Å²) in [4.78, 5) is 13.2. The highest BCUT2D eigenvalue weighted by atomic mass is 32.2. The highest BCUT2D eigenvalue weighted by Crippen LogP contribution is 2.28. The van der Waals surface area contributed by atoms with Gasteiger partial charge < -0.3 is 9.84 Å². The summed E-state index contributed by atoms with van der Waals surface area (Å²) in [6, 6.07) is 8.73. The van der Waals surface area contributed by atoms with E-state index in [0.29, 0.717) is 5.56 Å². The zero-order chi connectivity index (χ0) is 22.8. The Morgan fingerprint density at radius 3 is 2.39 bits per heavy atom. The molecule has 0 saturated carbocycles. The lowest BCUT2D eigenvalue weighted by atomic mass is 10.1. The molecular formula is C21H20F2N2O5S. The van der Waals surface area contributed by atoms with Gasteiger partial charge in [-0.3, -0.25) is 4.79 Å². The number of ether oxygens (including phenoxy) is 1. The second-order valence-corrected chi connectivity index (χ2v) is 9.00. The maximum Gasteiger partial charge on any atom is 0.314 e. The van der Waals surface area contributed by atoms with Crippen molar-refractivity contribution in [3.05, 3.63) is 70.6 Å². The fraction of sp³-hybridized carbons (Fsp3) is 0.238. The first-order valence-electron chi connectivity index (χ1n) is 9.27. The molecule has 1 aromatic heterocycles. The summed E-state index contributed by atoms with van der Waals surface area (Å²) in [5, 5.41) is 13.5. The smallest absolute Gasteiger partial charge is 0.314 e. The summed E-state index contributed by atoms with van der Waals surface area (Å²) in [6.45, 7) is 1.59. The van der Waals surface area contributed by atoms with Gasteiger partial charge in [-0.2, -0.15) is 9.78 Å². The van der Waals surface area contributed by atoms with Gasteiger partial charge >= 0.3 is 5.56 Å². The Morgan fingerprint density at radius 2 is 1.81 bits per heavy atom. The van der Waals surface area contributed by atoms with Gasteiger partial charge in [0.25, 0.3) is 0 Å². The Kier molecular flexibility index (Phi) is 6.51. The molecule has 31 heavy (non-hydrogen) atoms. The van der Waals surface area contributed by atoms with E-state index in [1.165, 1.54) is 36.5 Å². The summed E-state index contributed by atoms with van der Waals surface area (Å²) in [5.41, 5.74) is 0.0421. The van der Waals surface area contributed by atoms with Crippen LogP contribution >= 0.6 is 0 Å². The van der Waals surface area contributed by atoms with Crippen LogP contribution in [0.1, 0.15) is 13.3 Å². The number of halogens is 2. The topological polar surface area (TPSA) is 98.5 Å². The van der Waals surface area contributed by atoms with Crippen LogP contribution in [0.15, 0.2) is 58.4 Å². The highest BCUT2D eigenvalue weighted by Gasteiger charge is 2.18. The van der Waals surface area contributed by atoms with Gasteiger partial charge in [0.2, 0.25) is 0 Å². The standard InChI is InChI=1S/C21H20F2N2O5S/c1-13(26)9-10-30-20-17(14-3-6-16(7-4-14)31(2,28)29)12-24-25(21(20)27)15-5-8-18(22)19(23)11-15/h3-8,11-13,26H,9-10H2,1-2H3/t13-/m0/s1. The number of sulfone groups is 1. The van der Waals surface area contributed by atoms with Crippen molar-refractivity contribution in [3.63, 3.8) is 0 Å². The third-order valence-electron chi connectivity index (χ3n) is 4.46. The molecule has 2 aromatic carbocycles. The number of hydrogen-bond donors (Lipinski definition) is 1. The molecule has 0 bridgehead atoms. The van der Waals surface area contributed by atoms with Gasteiger partial charge in [0, 0.05) is 24.3 Å². The van der Waals surface area contributed by atoms with E-state index < -0.39 is 33.1 Å². The van der Waals surface area contributed by atoms with Gasteiger partial charge in [-0.05, 0) is 36.8 Å². The van der Waals surface area contributed by atoms with E-state index >= 15 is 0 Å². The molecule has 0 fully saturated rings. The van der Waals surface area contributed by atoms with E-state index in [2.05, 4.69) is 5.10 Å². The molecule has 3 rings (SSSR count). The largest absolute Gasteiger partial charge is 0.487 e. The Hall–Kier alpha value is -3.11.